The van der Waals surface area contributed by atoms with Crippen molar-refractivity contribution in [2.75, 3.05) is 7.11 Å². The van der Waals surface area contributed by atoms with Crippen LogP contribution in [0.3, 0.4) is 0 Å². The van der Waals surface area contributed by atoms with E-state index < -0.39 is 0 Å². The van der Waals surface area contributed by atoms with Crippen LogP contribution in [0, 0.1) is 0 Å². The Kier molecular flexibility index (Phi) is 5.16. The van der Waals surface area contributed by atoms with E-state index in [9.17, 15) is 4.79 Å². The molecule has 0 aromatic heterocycles. The first-order valence-electron chi connectivity index (χ1n) is 6.86. The summed E-state index contributed by atoms with van der Waals surface area (Å²) in [6, 6.07) is 17.4. The van der Waals surface area contributed by atoms with Crippen LogP contribution in [0.2, 0.25) is 0 Å². The zero-order valence-electron chi connectivity index (χ0n) is 12.2. The second-order valence-corrected chi connectivity index (χ2v) is 4.75. The largest absolute Gasteiger partial charge is 0.497 e. The monoisotopic (exact) mass is 281 g/mol. The Morgan fingerprint density at radius 3 is 2.38 bits per heavy atom. The average molecular weight is 281 g/mol. The molecule has 2 aromatic rings. The fourth-order valence-electron chi connectivity index (χ4n) is 1.97. The lowest BCUT2D eigenvalue weighted by Crippen LogP contribution is -2.24. The molecule has 0 aliphatic heterocycles. The molecule has 21 heavy (non-hydrogen) atoms. The highest BCUT2D eigenvalue weighted by molar-refractivity contribution is 5.91. The number of carbonyl (C=O) groups excluding carboxylic acids is 1. The number of methoxy groups -OCH3 is 1. The van der Waals surface area contributed by atoms with Gasteiger partial charge in [-0.3, -0.25) is 4.79 Å². The summed E-state index contributed by atoms with van der Waals surface area (Å²) in [7, 11) is 1.63. The van der Waals surface area contributed by atoms with Gasteiger partial charge in [-0.15, -0.1) is 0 Å². The van der Waals surface area contributed by atoms with Crippen LogP contribution < -0.4 is 10.1 Å². The van der Waals surface area contributed by atoms with Crippen molar-refractivity contribution >= 4 is 12.0 Å². The van der Waals surface area contributed by atoms with Crippen molar-refractivity contribution in [3.8, 4) is 5.75 Å². The normalized spacial score (nSPS) is 12.1. The summed E-state index contributed by atoms with van der Waals surface area (Å²) in [6.07, 6.45) is 3.33. The van der Waals surface area contributed by atoms with Crippen LogP contribution in [0.4, 0.5) is 0 Å². The van der Waals surface area contributed by atoms with Gasteiger partial charge in [0.2, 0.25) is 5.91 Å². The molecule has 0 saturated heterocycles. The maximum Gasteiger partial charge on any atom is 0.244 e. The van der Waals surface area contributed by atoms with E-state index in [2.05, 4.69) is 5.32 Å². The molecule has 0 saturated carbocycles. The van der Waals surface area contributed by atoms with Crippen molar-refractivity contribution in [2.45, 2.75) is 13.0 Å². The number of ether oxygens (including phenoxy) is 1. The van der Waals surface area contributed by atoms with Crippen LogP contribution in [0.5, 0.6) is 5.75 Å². The van der Waals surface area contributed by atoms with Crippen molar-refractivity contribution in [1.29, 1.82) is 0 Å². The maximum absolute atomic E-state index is 11.9. The Morgan fingerprint density at radius 2 is 1.76 bits per heavy atom. The minimum Gasteiger partial charge on any atom is -0.497 e. The van der Waals surface area contributed by atoms with E-state index in [1.165, 1.54) is 0 Å². The number of nitrogens with one attached hydrogen (secondary N) is 1. The molecule has 1 amide bonds. The first-order chi connectivity index (χ1) is 10.2. The first kappa shape index (κ1) is 14.9. The van der Waals surface area contributed by atoms with Gasteiger partial charge in [0, 0.05) is 6.08 Å². The molecular weight excluding hydrogens is 262 g/mol. The number of hydrogen-bond donors (Lipinski definition) is 1. The Labute approximate surface area is 125 Å². The highest BCUT2D eigenvalue weighted by Crippen LogP contribution is 2.13. The molecule has 0 bridgehead atoms. The van der Waals surface area contributed by atoms with Gasteiger partial charge in [-0.25, -0.2) is 0 Å². The van der Waals surface area contributed by atoms with Crippen LogP contribution in [-0.4, -0.2) is 13.0 Å². The number of hydrogen-bond acceptors (Lipinski definition) is 2. The second kappa shape index (κ2) is 7.29. The third-order valence-electron chi connectivity index (χ3n) is 3.20. The van der Waals surface area contributed by atoms with Crippen molar-refractivity contribution in [3.63, 3.8) is 0 Å². The van der Waals surface area contributed by atoms with E-state index >= 15 is 0 Å². The van der Waals surface area contributed by atoms with Gasteiger partial charge in [-0.1, -0.05) is 42.5 Å². The summed E-state index contributed by atoms with van der Waals surface area (Å²) < 4.78 is 5.09. The second-order valence-electron chi connectivity index (χ2n) is 4.75. The summed E-state index contributed by atoms with van der Waals surface area (Å²) in [5, 5.41) is 2.94. The van der Waals surface area contributed by atoms with E-state index in [0.717, 1.165) is 16.9 Å². The lowest BCUT2D eigenvalue weighted by molar-refractivity contribution is -0.117. The van der Waals surface area contributed by atoms with E-state index in [1.807, 2.05) is 61.5 Å². The zero-order chi connectivity index (χ0) is 15.1. The minimum atomic E-state index is -0.109. The molecular formula is C18H19NO2. The van der Waals surface area contributed by atoms with Crippen LogP contribution in [0.1, 0.15) is 24.1 Å². The fraction of sp³-hybridized carbons (Fsp3) is 0.167. The molecule has 0 unspecified atom stereocenters. The Hall–Kier alpha value is -2.55. The quantitative estimate of drug-likeness (QED) is 0.851. The zero-order valence-corrected chi connectivity index (χ0v) is 12.2. The van der Waals surface area contributed by atoms with Crippen LogP contribution in [0.15, 0.2) is 60.7 Å². The lowest BCUT2D eigenvalue weighted by Gasteiger charge is -2.12. The van der Waals surface area contributed by atoms with Crippen LogP contribution in [-0.2, 0) is 4.79 Å². The molecule has 108 valence electrons. The topological polar surface area (TPSA) is 38.3 Å². The summed E-state index contributed by atoms with van der Waals surface area (Å²) in [5.74, 6) is 0.691. The number of rotatable bonds is 5. The van der Waals surface area contributed by atoms with Crippen molar-refractivity contribution in [3.05, 3.63) is 71.8 Å². The molecule has 0 spiro atoms. The van der Waals surface area contributed by atoms with Gasteiger partial charge < -0.3 is 10.1 Å². The average Bonchev–Trinajstić information content (AvgIpc) is 2.54. The van der Waals surface area contributed by atoms with Crippen molar-refractivity contribution in [1.82, 2.24) is 5.32 Å². The molecule has 3 heteroatoms. The third-order valence-corrected chi connectivity index (χ3v) is 3.20. The number of benzene rings is 2. The Morgan fingerprint density at radius 1 is 1.10 bits per heavy atom. The van der Waals surface area contributed by atoms with Gasteiger partial charge in [0.15, 0.2) is 0 Å². The van der Waals surface area contributed by atoms with E-state index in [0.29, 0.717) is 0 Å². The van der Waals surface area contributed by atoms with Crippen molar-refractivity contribution in [2.24, 2.45) is 0 Å². The third kappa shape index (κ3) is 4.49. The van der Waals surface area contributed by atoms with Gasteiger partial charge in [0.05, 0.1) is 13.2 Å². The maximum atomic E-state index is 11.9. The molecule has 3 nitrogen and oxygen atoms in total. The standard InChI is InChI=1S/C18H19NO2/c1-14(16-6-4-3-5-7-16)19-18(20)13-10-15-8-11-17(21-2)12-9-15/h3-14H,1-2H3,(H,19,20)/b13-10+/t14-/m1/s1. The molecule has 0 aliphatic rings. The Balaban J connectivity index is 1.93. The molecule has 1 atom stereocenters. The predicted molar refractivity (Wildman–Crippen MR) is 85.0 cm³/mol. The van der Waals surface area contributed by atoms with Crippen molar-refractivity contribution < 1.29 is 9.53 Å². The summed E-state index contributed by atoms with van der Waals surface area (Å²) in [6.45, 7) is 1.97. The molecule has 0 radical (unpaired) electrons. The van der Waals surface area contributed by atoms with E-state index in [1.54, 1.807) is 19.3 Å². The predicted octanol–water partition coefficient (Wildman–Crippen LogP) is 3.59. The van der Waals surface area contributed by atoms with Crippen LogP contribution >= 0.6 is 0 Å². The highest BCUT2D eigenvalue weighted by Gasteiger charge is 2.06. The van der Waals surface area contributed by atoms with Gasteiger partial charge >= 0.3 is 0 Å². The molecule has 0 aliphatic carbocycles. The summed E-state index contributed by atoms with van der Waals surface area (Å²) >= 11 is 0. The molecule has 2 rings (SSSR count). The smallest absolute Gasteiger partial charge is 0.244 e. The SMILES string of the molecule is COc1ccc(/C=C/C(=O)N[C@H](C)c2ccccc2)cc1. The Bertz CT molecular complexity index is 603. The summed E-state index contributed by atoms with van der Waals surface area (Å²) in [5.41, 5.74) is 2.04. The number of amides is 1. The van der Waals surface area contributed by atoms with E-state index in [-0.39, 0.29) is 11.9 Å². The molecule has 1 N–H and O–H groups in total. The lowest BCUT2D eigenvalue weighted by atomic mass is 10.1. The summed E-state index contributed by atoms with van der Waals surface area (Å²) in [4.78, 5) is 11.9. The molecule has 2 aromatic carbocycles. The first-order valence-corrected chi connectivity index (χ1v) is 6.86. The molecule has 0 heterocycles. The highest BCUT2D eigenvalue weighted by atomic mass is 16.5. The molecule has 0 fully saturated rings. The van der Waals surface area contributed by atoms with Gasteiger partial charge in [-0.2, -0.15) is 0 Å². The van der Waals surface area contributed by atoms with Gasteiger partial charge in [0.1, 0.15) is 5.75 Å². The van der Waals surface area contributed by atoms with Gasteiger partial charge in [-0.05, 0) is 36.3 Å². The van der Waals surface area contributed by atoms with E-state index in [4.69, 9.17) is 4.74 Å². The fourth-order valence-corrected chi connectivity index (χ4v) is 1.97. The van der Waals surface area contributed by atoms with Gasteiger partial charge in [0.25, 0.3) is 0 Å². The number of carbonyl (C=O) groups is 1. The minimum absolute atomic E-state index is 0.0146. The van der Waals surface area contributed by atoms with Crippen LogP contribution in [0.25, 0.3) is 6.08 Å².